The lowest BCUT2D eigenvalue weighted by Gasteiger charge is -2.33. The van der Waals surface area contributed by atoms with Crippen LogP contribution in [0.15, 0.2) is 24.5 Å². The van der Waals surface area contributed by atoms with Gasteiger partial charge in [-0.2, -0.15) is 0 Å². The summed E-state index contributed by atoms with van der Waals surface area (Å²) in [5.74, 6) is 1.13. The maximum atomic E-state index is 11.9. The number of aromatic nitrogens is 1. The fraction of sp³-hybridized carbons (Fsp3) is 0.667. The van der Waals surface area contributed by atoms with Crippen LogP contribution in [0.4, 0.5) is 0 Å². The van der Waals surface area contributed by atoms with E-state index in [1.165, 1.54) is 24.9 Å². The number of hydrogen-bond acceptors (Lipinski definition) is 4. The summed E-state index contributed by atoms with van der Waals surface area (Å²) in [5, 5.41) is 3.08. The highest BCUT2D eigenvalue weighted by atomic mass is 16.1. The monoisotopic (exact) mass is 314 g/mol. The van der Waals surface area contributed by atoms with Crippen molar-refractivity contribution in [3.8, 4) is 0 Å². The van der Waals surface area contributed by atoms with E-state index in [2.05, 4.69) is 26.2 Å². The van der Waals surface area contributed by atoms with Crippen molar-refractivity contribution in [2.24, 2.45) is 11.3 Å². The second-order valence-electron chi connectivity index (χ2n) is 7.70. The topological polar surface area (TPSA) is 48.5 Å². The molecule has 3 fully saturated rings. The lowest BCUT2D eigenvalue weighted by Crippen LogP contribution is -2.42. The Kier molecular flexibility index (Phi) is 4.07. The minimum atomic E-state index is 0.0880. The van der Waals surface area contributed by atoms with E-state index >= 15 is 0 Å². The van der Waals surface area contributed by atoms with Crippen LogP contribution in [0, 0.1) is 11.3 Å². The molecule has 0 radical (unpaired) electrons. The van der Waals surface area contributed by atoms with Gasteiger partial charge in [-0.15, -0.1) is 0 Å². The van der Waals surface area contributed by atoms with Crippen LogP contribution in [-0.2, 0) is 11.3 Å². The molecule has 2 aliphatic heterocycles. The first-order valence-electron chi connectivity index (χ1n) is 8.81. The third kappa shape index (κ3) is 3.72. The first-order chi connectivity index (χ1) is 11.2. The van der Waals surface area contributed by atoms with Crippen LogP contribution < -0.4 is 5.32 Å². The molecule has 0 aromatic carbocycles. The van der Waals surface area contributed by atoms with Crippen LogP contribution >= 0.6 is 0 Å². The van der Waals surface area contributed by atoms with Crippen LogP contribution in [0.5, 0.6) is 0 Å². The molecular weight excluding hydrogens is 288 g/mol. The molecule has 1 aromatic rings. The molecule has 1 spiro atoms. The lowest BCUT2D eigenvalue weighted by molar-refractivity contribution is -0.119. The Morgan fingerprint density at radius 1 is 1.26 bits per heavy atom. The number of rotatable bonds is 4. The summed E-state index contributed by atoms with van der Waals surface area (Å²) in [7, 11) is 0. The largest absolute Gasteiger partial charge is 0.355 e. The van der Waals surface area contributed by atoms with E-state index in [9.17, 15) is 4.79 Å². The molecule has 124 valence electrons. The molecule has 5 nitrogen and oxygen atoms in total. The van der Waals surface area contributed by atoms with Crippen molar-refractivity contribution in [2.45, 2.75) is 25.8 Å². The summed E-state index contributed by atoms with van der Waals surface area (Å²) in [4.78, 5) is 21.2. The summed E-state index contributed by atoms with van der Waals surface area (Å²) < 4.78 is 0. The highest BCUT2D eigenvalue weighted by Gasteiger charge is 2.43. The number of pyridine rings is 1. The van der Waals surface area contributed by atoms with Crippen LogP contribution in [0.1, 0.15) is 24.8 Å². The molecule has 3 heterocycles. The molecule has 4 rings (SSSR count). The maximum Gasteiger partial charge on any atom is 0.220 e. The molecule has 1 saturated carbocycles. The minimum Gasteiger partial charge on any atom is -0.355 e. The average Bonchev–Trinajstić information content (AvgIpc) is 3.30. The summed E-state index contributed by atoms with van der Waals surface area (Å²) in [6.07, 6.45) is 7.24. The zero-order chi connectivity index (χ0) is 15.7. The van der Waals surface area contributed by atoms with Crippen molar-refractivity contribution >= 4 is 5.91 Å². The zero-order valence-electron chi connectivity index (χ0n) is 13.7. The van der Waals surface area contributed by atoms with E-state index < -0.39 is 0 Å². The number of carbonyl (C=O) groups excluding carboxylic acids is 1. The Labute approximate surface area is 138 Å². The van der Waals surface area contributed by atoms with E-state index in [-0.39, 0.29) is 11.3 Å². The number of nitrogens with one attached hydrogen (secondary N) is 1. The van der Waals surface area contributed by atoms with Gasteiger partial charge in [0.05, 0.1) is 0 Å². The molecule has 23 heavy (non-hydrogen) atoms. The highest BCUT2D eigenvalue weighted by Crippen LogP contribution is 2.35. The second-order valence-corrected chi connectivity index (χ2v) is 7.70. The lowest BCUT2D eigenvalue weighted by atomic mass is 9.86. The van der Waals surface area contributed by atoms with Gasteiger partial charge in [0.1, 0.15) is 0 Å². The SMILES string of the molecule is O=C1C[C@]2(CN1)CN(Cc1cccnc1)CCN(CC1CC1)C2. The van der Waals surface area contributed by atoms with Crippen molar-refractivity contribution in [1.29, 1.82) is 0 Å². The molecule has 0 bridgehead atoms. The number of amides is 1. The van der Waals surface area contributed by atoms with Crippen molar-refractivity contribution < 1.29 is 4.79 Å². The van der Waals surface area contributed by atoms with Gasteiger partial charge in [0.15, 0.2) is 0 Å². The van der Waals surface area contributed by atoms with Crippen molar-refractivity contribution in [3.05, 3.63) is 30.1 Å². The van der Waals surface area contributed by atoms with Gasteiger partial charge in [-0.25, -0.2) is 0 Å². The van der Waals surface area contributed by atoms with Gasteiger partial charge in [0.2, 0.25) is 5.91 Å². The Bertz CT molecular complexity index is 559. The smallest absolute Gasteiger partial charge is 0.220 e. The summed E-state index contributed by atoms with van der Waals surface area (Å²) >= 11 is 0. The van der Waals surface area contributed by atoms with E-state index in [1.807, 2.05) is 18.5 Å². The predicted octanol–water partition coefficient (Wildman–Crippen LogP) is 1.12. The van der Waals surface area contributed by atoms with Gasteiger partial charge < -0.3 is 10.2 Å². The zero-order valence-corrected chi connectivity index (χ0v) is 13.7. The van der Waals surface area contributed by atoms with Gasteiger partial charge >= 0.3 is 0 Å². The summed E-state index contributed by atoms with van der Waals surface area (Å²) in [6.45, 7) is 7.24. The predicted molar refractivity (Wildman–Crippen MR) is 88.7 cm³/mol. The van der Waals surface area contributed by atoms with Crippen molar-refractivity contribution in [2.75, 3.05) is 39.3 Å². The van der Waals surface area contributed by atoms with E-state index in [0.29, 0.717) is 6.42 Å². The third-order valence-corrected chi connectivity index (χ3v) is 5.39. The Morgan fingerprint density at radius 3 is 2.78 bits per heavy atom. The molecule has 3 aliphatic rings. The van der Waals surface area contributed by atoms with Gasteiger partial charge in [0, 0.05) is 70.0 Å². The molecule has 1 amide bonds. The summed E-state index contributed by atoms with van der Waals surface area (Å²) in [5.41, 5.74) is 1.35. The number of nitrogens with zero attached hydrogens (tertiary/aromatic N) is 3. The molecule has 1 aliphatic carbocycles. The molecule has 1 aromatic heterocycles. The van der Waals surface area contributed by atoms with Crippen molar-refractivity contribution in [1.82, 2.24) is 20.1 Å². The molecule has 5 heteroatoms. The normalized spacial score (nSPS) is 29.7. The average molecular weight is 314 g/mol. The maximum absolute atomic E-state index is 11.9. The number of hydrogen-bond donors (Lipinski definition) is 1. The quantitative estimate of drug-likeness (QED) is 0.905. The van der Waals surface area contributed by atoms with Gasteiger partial charge in [-0.05, 0) is 30.4 Å². The number of carbonyl (C=O) groups is 1. The van der Waals surface area contributed by atoms with Crippen LogP contribution in [0.3, 0.4) is 0 Å². The van der Waals surface area contributed by atoms with Gasteiger partial charge in [-0.1, -0.05) is 6.07 Å². The fourth-order valence-corrected chi connectivity index (χ4v) is 4.12. The van der Waals surface area contributed by atoms with E-state index in [4.69, 9.17) is 0 Å². The first kappa shape index (κ1) is 15.1. The third-order valence-electron chi connectivity index (χ3n) is 5.39. The van der Waals surface area contributed by atoms with Crippen molar-refractivity contribution in [3.63, 3.8) is 0 Å². The fourth-order valence-electron chi connectivity index (χ4n) is 4.12. The Hall–Kier alpha value is -1.46. The van der Waals surface area contributed by atoms with Crippen LogP contribution in [0.2, 0.25) is 0 Å². The van der Waals surface area contributed by atoms with E-state index in [1.54, 1.807) is 0 Å². The van der Waals surface area contributed by atoms with E-state index in [0.717, 1.165) is 45.2 Å². The molecular formula is C18H26N4O. The highest BCUT2D eigenvalue weighted by molar-refractivity contribution is 5.79. The van der Waals surface area contributed by atoms with Crippen LogP contribution in [-0.4, -0.2) is 60.0 Å². The minimum absolute atomic E-state index is 0.0880. The first-order valence-corrected chi connectivity index (χ1v) is 8.81. The summed E-state index contributed by atoms with van der Waals surface area (Å²) in [6, 6.07) is 4.15. The molecule has 1 atom stereocenters. The Balaban J connectivity index is 1.48. The van der Waals surface area contributed by atoms with Crippen LogP contribution in [0.25, 0.3) is 0 Å². The van der Waals surface area contributed by atoms with Gasteiger partial charge in [0.25, 0.3) is 0 Å². The standard InChI is InChI=1S/C18H26N4O/c23-17-8-18(12-20-17)13-21(10-15-3-4-15)6-7-22(14-18)11-16-2-1-5-19-9-16/h1-2,5,9,15H,3-4,6-8,10-14H2,(H,20,23)/t18-/m1/s1. The molecule has 2 saturated heterocycles. The Morgan fingerprint density at radius 2 is 2.09 bits per heavy atom. The second kappa shape index (κ2) is 6.21. The van der Waals surface area contributed by atoms with Gasteiger partial charge in [-0.3, -0.25) is 14.7 Å². The molecule has 1 N–H and O–H groups in total. The molecule has 0 unspecified atom stereocenters.